The first kappa shape index (κ1) is 10.3. The highest BCUT2D eigenvalue weighted by atomic mass is 15.1. The molecule has 0 aromatic heterocycles. The summed E-state index contributed by atoms with van der Waals surface area (Å²) in [5, 5.41) is 12.8. The highest BCUT2D eigenvalue weighted by molar-refractivity contribution is 5.94. The number of amidine groups is 1. The zero-order valence-electron chi connectivity index (χ0n) is 9.69. The molecule has 3 nitrogen and oxygen atoms in total. The summed E-state index contributed by atoms with van der Waals surface area (Å²) in [5.74, 6) is 0.931. The molecular weight excluding hydrogens is 210 g/mol. The fraction of sp³-hybridized carbons (Fsp3) is 0.429. The summed E-state index contributed by atoms with van der Waals surface area (Å²) in [6.45, 7) is 0.800. The molecule has 1 aromatic rings. The Morgan fingerprint density at radius 3 is 2.94 bits per heavy atom. The predicted molar refractivity (Wildman–Crippen MR) is 66.7 cm³/mol. The second-order valence-corrected chi connectivity index (χ2v) is 4.91. The van der Waals surface area contributed by atoms with Gasteiger partial charge in [0.1, 0.15) is 11.3 Å². The van der Waals surface area contributed by atoms with Crippen LogP contribution in [0.5, 0.6) is 0 Å². The highest BCUT2D eigenvalue weighted by Gasteiger charge is 2.47. The summed E-state index contributed by atoms with van der Waals surface area (Å²) in [6.07, 6.45) is 2.76. The van der Waals surface area contributed by atoms with Crippen LogP contribution < -0.4 is 5.32 Å². The second kappa shape index (κ2) is 3.89. The van der Waals surface area contributed by atoms with Gasteiger partial charge in [0.2, 0.25) is 0 Å². The molecule has 2 unspecified atom stereocenters. The predicted octanol–water partition coefficient (Wildman–Crippen LogP) is 1.90. The van der Waals surface area contributed by atoms with Crippen LogP contribution >= 0.6 is 0 Å². The van der Waals surface area contributed by atoms with Crippen LogP contribution in [-0.2, 0) is 6.42 Å². The van der Waals surface area contributed by atoms with Crippen molar-refractivity contribution < 1.29 is 0 Å². The smallest absolute Gasteiger partial charge is 0.118 e. The van der Waals surface area contributed by atoms with E-state index in [1.54, 1.807) is 0 Å². The largest absolute Gasteiger partial charge is 0.369 e. The molecule has 2 atom stereocenters. The van der Waals surface area contributed by atoms with Crippen molar-refractivity contribution in [1.29, 1.82) is 5.26 Å². The number of hydrogen-bond acceptors (Lipinski definition) is 3. The zero-order valence-corrected chi connectivity index (χ0v) is 9.69. The average Bonchev–Trinajstić information content (AvgIpc) is 2.87. The van der Waals surface area contributed by atoms with Gasteiger partial charge in [0.05, 0.1) is 6.07 Å². The third-order valence-corrected chi connectivity index (χ3v) is 3.74. The lowest BCUT2D eigenvalue weighted by atomic mass is 9.83. The van der Waals surface area contributed by atoms with E-state index in [2.05, 4.69) is 40.6 Å². The van der Waals surface area contributed by atoms with Crippen LogP contribution in [-0.4, -0.2) is 18.4 Å². The fourth-order valence-electron chi connectivity index (χ4n) is 2.85. The maximum Gasteiger partial charge on any atom is 0.118 e. The molecule has 1 aromatic carbocycles. The van der Waals surface area contributed by atoms with Gasteiger partial charge in [0, 0.05) is 12.6 Å². The normalized spacial score (nSPS) is 30.3. The molecule has 2 aliphatic rings. The van der Waals surface area contributed by atoms with Crippen molar-refractivity contribution in [2.45, 2.75) is 25.3 Å². The molecule has 86 valence electrons. The van der Waals surface area contributed by atoms with Crippen molar-refractivity contribution in [3.63, 3.8) is 0 Å². The number of nitrogens with zero attached hydrogens (tertiary/aromatic N) is 2. The summed E-state index contributed by atoms with van der Waals surface area (Å²) in [6, 6.07) is 13.2. The Labute approximate surface area is 101 Å². The van der Waals surface area contributed by atoms with E-state index >= 15 is 0 Å². The Morgan fingerprint density at radius 2 is 2.24 bits per heavy atom. The molecule has 0 saturated carbocycles. The van der Waals surface area contributed by atoms with E-state index in [0.717, 1.165) is 31.6 Å². The summed E-state index contributed by atoms with van der Waals surface area (Å²) >= 11 is 0. The van der Waals surface area contributed by atoms with Gasteiger partial charge in [-0.3, -0.25) is 4.99 Å². The SMILES string of the molecule is N#CC12CCN=C1NC(Cc1ccccc1)C2. The Hall–Kier alpha value is -1.82. The van der Waals surface area contributed by atoms with Crippen LogP contribution in [0.25, 0.3) is 0 Å². The van der Waals surface area contributed by atoms with E-state index in [4.69, 9.17) is 0 Å². The summed E-state index contributed by atoms with van der Waals surface area (Å²) in [5.41, 5.74) is 1.01. The highest BCUT2D eigenvalue weighted by Crippen LogP contribution is 2.38. The van der Waals surface area contributed by atoms with E-state index < -0.39 is 0 Å². The molecule has 0 bridgehead atoms. The topological polar surface area (TPSA) is 48.2 Å². The molecule has 0 spiro atoms. The molecule has 1 N–H and O–H groups in total. The third-order valence-electron chi connectivity index (χ3n) is 3.74. The second-order valence-electron chi connectivity index (χ2n) is 4.91. The van der Waals surface area contributed by atoms with Crippen LogP contribution in [0.15, 0.2) is 35.3 Å². The first-order valence-electron chi connectivity index (χ1n) is 6.09. The number of fused-ring (bicyclic) bond motifs is 1. The van der Waals surface area contributed by atoms with Crippen molar-refractivity contribution in [3.8, 4) is 6.07 Å². The quantitative estimate of drug-likeness (QED) is 0.835. The van der Waals surface area contributed by atoms with Crippen LogP contribution in [0.4, 0.5) is 0 Å². The molecule has 0 radical (unpaired) electrons. The number of nitriles is 1. The van der Waals surface area contributed by atoms with E-state index in [0.29, 0.717) is 6.04 Å². The number of aliphatic imine (C=N–C) groups is 1. The number of nitrogens with one attached hydrogen (secondary N) is 1. The third kappa shape index (κ3) is 1.70. The summed E-state index contributed by atoms with van der Waals surface area (Å²) in [4.78, 5) is 4.42. The minimum absolute atomic E-state index is 0.306. The molecule has 1 fully saturated rings. The van der Waals surface area contributed by atoms with Gasteiger partial charge in [-0.05, 0) is 24.8 Å². The van der Waals surface area contributed by atoms with Crippen molar-refractivity contribution in [3.05, 3.63) is 35.9 Å². The van der Waals surface area contributed by atoms with Crippen molar-refractivity contribution in [1.82, 2.24) is 5.32 Å². The average molecular weight is 225 g/mol. The minimum Gasteiger partial charge on any atom is -0.369 e. The number of rotatable bonds is 2. The Balaban J connectivity index is 1.75. The van der Waals surface area contributed by atoms with Gasteiger partial charge in [0.25, 0.3) is 0 Å². The molecule has 3 rings (SSSR count). The lowest BCUT2D eigenvalue weighted by molar-refractivity contribution is 0.472. The lowest BCUT2D eigenvalue weighted by Crippen LogP contribution is -2.29. The summed E-state index contributed by atoms with van der Waals surface area (Å²) < 4.78 is 0. The lowest BCUT2D eigenvalue weighted by Gasteiger charge is -2.13. The summed E-state index contributed by atoms with van der Waals surface area (Å²) in [7, 11) is 0. The van der Waals surface area contributed by atoms with Crippen LogP contribution in [0.3, 0.4) is 0 Å². The van der Waals surface area contributed by atoms with E-state index in [1.807, 2.05) is 6.07 Å². The number of hydrogen-bond donors (Lipinski definition) is 1. The number of benzene rings is 1. The minimum atomic E-state index is -0.306. The fourth-order valence-corrected chi connectivity index (χ4v) is 2.85. The van der Waals surface area contributed by atoms with Crippen LogP contribution in [0, 0.1) is 16.7 Å². The Morgan fingerprint density at radius 1 is 1.41 bits per heavy atom. The van der Waals surface area contributed by atoms with Gasteiger partial charge in [-0.25, -0.2) is 0 Å². The molecule has 0 aliphatic carbocycles. The van der Waals surface area contributed by atoms with E-state index in [9.17, 15) is 5.26 Å². The van der Waals surface area contributed by atoms with Gasteiger partial charge in [-0.2, -0.15) is 5.26 Å². The van der Waals surface area contributed by atoms with Gasteiger partial charge >= 0.3 is 0 Å². The van der Waals surface area contributed by atoms with Gasteiger partial charge < -0.3 is 5.32 Å². The standard InChI is InChI=1S/C14H15N3/c15-10-14-6-7-16-13(14)17-12(9-14)8-11-4-2-1-3-5-11/h1-5,12H,6-9H2,(H,16,17). The molecule has 2 aliphatic heterocycles. The van der Waals surface area contributed by atoms with Crippen molar-refractivity contribution >= 4 is 5.84 Å². The zero-order chi connectivity index (χ0) is 11.7. The molecule has 1 saturated heterocycles. The first-order chi connectivity index (χ1) is 8.32. The molecule has 17 heavy (non-hydrogen) atoms. The molecule has 0 amide bonds. The molecule has 2 heterocycles. The van der Waals surface area contributed by atoms with E-state index in [-0.39, 0.29) is 5.41 Å². The van der Waals surface area contributed by atoms with E-state index in [1.165, 1.54) is 5.56 Å². The Kier molecular flexibility index (Phi) is 2.36. The van der Waals surface area contributed by atoms with Gasteiger partial charge in [-0.1, -0.05) is 30.3 Å². The van der Waals surface area contributed by atoms with Gasteiger partial charge in [0.15, 0.2) is 0 Å². The van der Waals surface area contributed by atoms with Crippen LogP contribution in [0.2, 0.25) is 0 Å². The Bertz CT molecular complexity index is 486. The maximum absolute atomic E-state index is 9.34. The molecular formula is C14H15N3. The van der Waals surface area contributed by atoms with Crippen molar-refractivity contribution in [2.75, 3.05) is 6.54 Å². The monoisotopic (exact) mass is 225 g/mol. The first-order valence-corrected chi connectivity index (χ1v) is 6.09. The van der Waals surface area contributed by atoms with Crippen LogP contribution in [0.1, 0.15) is 18.4 Å². The van der Waals surface area contributed by atoms with Crippen molar-refractivity contribution in [2.24, 2.45) is 10.4 Å². The van der Waals surface area contributed by atoms with Gasteiger partial charge in [-0.15, -0.1) is 0 Å². The molecule has 3 heteroatoms. The maximum atomic E-state index is 9.34.